The number of aromatic nitrogens is 3. The lowest BCUT2D eigenvalue weighted by Gasteiger charge is -2.12. The molecule has 0 saturated heterocycles. The molecule has 1 aromatic heterocycles. The van der Waals surface area contributed by atoms with Gasteiger partial charge < -0.3 is 14.6 Å². The first kappa shape index (κ1) is 14.8. The lowest BCUT2D eigenvalue weighted by molar-refractivity contribution is -0.384. The molecule has 1 aromatic carbocycles. The van der Waals surface area contributed by atoms with Gasteiger partial charge >= 0.3 is 0 Å². The van der Waals surface area contributed by atoms with E-state index in [1.165, 1.54) is 12.1 Å². The van der Waals surface area contributed by atoms with Gasteiger partial charge in [0.05, 0.1) is 23.6 Å². The molecule has 0 spiro atoms. The number of nitrogens with one attached hydrogen (secondary N) is 1. The van der Waals surface area contributed by atoms with E-state index in [0.29, 0.717) is 18.0 Å². The van der Waals surface area contributed by atoms with E-state index in [2.05, 4.69) is 15.5 Å². The summed E-state index contributed by atoms with van der Waals surface area (Å²) in [6.07, 6.45) is 1.54. The molecule has 0 saturated carbocycles. The zero-order valence-corrected chi connectivity index (χ0v) is 12.1. The van der Waals surface area contributed by atoms with Gasteiger partial charge in [0.15, 0.2) is 5.82 Å². The molecule has 0 aliphatic rings. The number of ether oxygens (including phenoxy) is 1. The van der Waals surface area contributed by atoms with Crippen LogP contribution >= 0.6 is 0 Å². The number of rotatable bonds is 6. The summed E-state index contributed by atoms with van der Waals surface area (Å²) in [6.45, 7) is 4.15. The standard InChI is InChI=1S/C13H17N5O3/c1-9(2)21-12-5-10(4-11(6-12)18(19)20)14-7-13-16-15-8-17(13)3/h4-6,8-9,14H,7H2,1-3H3. The smallest absolute Gasteiger partial charge is 0.275 e. The molecule has 0 amide bonds. The van der Waals surface area contributed by atoms with Gasteiger partial charge in [-0.2, -0.15) is 0 Å². The largest absolute Gasteiger partial charge is 0.491 e. The number of aryl methyl sites for hydroxylation is 1. The van der Waals surface area contributed by atoms with Crippen molar-refractivity contribution in [3.05, 3.63) is 40.5 Å². The lowest BCUT2D eigenvalue weighted by Crippen LogP contribution is -2.08. The molecule has 0 aliphatic heterocycles. The molecule has 21 heavy (non-hydrogen) atoms. The van der Waals surface area contributed by atoms with Crippen LogP contribution in [0.25, 0.3) is 0 Å². The maximum Gasteiger partial charge on any atom is 0.275 e. The van der Waals surface area contributed by atoms with Crippen molar-refractivity contribution in [2.45, 2.75) is 26.5 Å². The van der Waals surface area contributed by atoms with Crippen molar-refractivity contribution in [1.82, 2.24) is 14.8 Å². The topological polar surface area (TPSA) is 95.1 Å². The van der Waals surface area contributed by atoms with Crippen LogP contribution in [0.15, 0.2) is 24.5 Å². The van der Waals surface area contributed by atoms with Crippen molar-refractivity contribution >= 4 is 11.4 Å². The molecular formula is C13H17N5O3. The number of non-ortho nitro benzene ring substituents is 1. The highest BCUT2D eigenvalue weighted by Crippen LogP contribution is 2.27. The van der Waals surface area contributed by atoms with Crippen LogP contribution in [-0.2, 0) is 13.6 Å². The van der Waals surface area contributed by atoms with E-state index >= 15 is 0 Å². The van der Waals surface area contributed by atoms with Crippen LogP contribution in [0.2, 0.25) is 0 Å². The summed E-state index contributed by atoms with van der Waals surface area (Å²) in [7, 11) is 1.83. The molecule has 0 radical (unpaired) electrons. The highest BCUT2D eigenvalue weighted by Gasteiger charge is 2.12. The minimum atomic E-state index is -0.444. The molecule has 0 atom stereocenters. The van der Waals surface area contributed by atoms with Crippen LogP contribution in [-0.4, -0.2) is 25.8 Å². The third-order valence-electron chi connectivity index (χ3n) is 2.73. The van der Waals surface area contributed by atoms with Crippen molar-refractivity contribution in [2.75, 3.05) is 5.32 Å². The van der Waals surface area contributed by atoms with Gasteiger partial charge in [-0.15, -0.1) is 10.2 Å². The quantitative estimate of drug-likeness (QED) is 0.647. The molecular weight excluding hydrogens is 274 g/mol. The normalized spacial score (nSPS) is 10.7. The Morgan fingerprint density at radius 1 is 1.43 bits per heavy atom. The number of nitrogens with zero attached hydrogens (tertiary/aromatic N) is 4. The Morgan fingerprint density at radius 3 is 2.76 bits per heavy atom. The molecule has 112 valence electrons. The fraction of sp³-hybridized carbons (Fsp3) is 0.385. The van der Waals surface area contributed by atoms with E-state index in [-0.39, 0.29) is 11.8 Å². The number of hydrogen-bond acceptors (Lipinski definition) is 6. The van der Waals surface area contributed by atoms with Crippen LogP contribution in [0, 0.1) is 10.1 Å². The molecule has 0 unspecified atom stereocenters. The first-order valence-corrected chi connectivity index (χ1v) is 6.48. The van der Waals surface area contributed by atoms with Crippen molar-refractivity contribution in [2.24, 2.45) is 7.05 Å². The minimum absolute atomic E-state index is 0.0198. The zero-order valence-electron chi connectivity index (χ0n) is 12.1. The zero-order chi connectivity index (χ0) is 15.4. The predicted molar refractivity (Wildman–Crippen MR) is 77.2 cm³/mol. The second-order valence-electron chi connectivity index (χ2n) is 4.85. The van der Waals surface area contributed by atoms with Crippen LogP contribution < -0.4 is 10.1 Å². The van der Waals surface area contributed by atoms with Crippen LogP contribution in [0.4, 0.5) is 11.4 Å². The fourth-order valence-electron chi connectivity index (χ4n) is 1.78. The highest BCUT2D eigenvalue weighted by atomic mass is 16.6. The Bertz CT molecular complexity index is 638. The Balaban J connectivity index is 2.19. The Hall–Kier alpha value is -2.64. The monoisotopic (exact) mass is 291 g/mol. The van der Waals surface area contributed by atoms with E-state index in [1.807, 2.05) is 20.9 Å². The van der Waals surface area contributed by atoms with Gasteiger partial charge in [0.25, 0.3) is 5.69 Å². The van der Waals surface area contributed by atoms with E-state index in [0.717, 1.165) is 5.82 Å². The Morgan fingerprint density at radius 2 is 2.19 bits per heavy atom. The summed E-state index contributed by atoms with van der Waals surface area (Å²) >= 11 is 0. The maximum atomic E-state index is 11.0. The second-order valence-corrected chi connectivity index (χ2v) is 4.85. The maximum absolute atomic E-state index is 11.0. The van der Waals surface area contributed by atoms with Gasteiger partial charge in [0.2, 0.25) is 0 Å². The molecule has 2 rings (SSSR count). The molecule has 1 N–H and O–H groups in total. The van der Waals surface area contributed by atoms with Gasteiger partial charge in [0, 0.05) is 24.9 Å². The third kappa shape index (κ3) is 3.91. The average molecular weight is 291 g/mol. The van der Waals surface area contributed by atoms with E-state index in [9.17, 15) is 10.1 Å². The molecule has 0 bridgehead atoms. The average Bonchev–Trinajstić information content (AvgIpc) is 2.81. The van der Waals surface area contributed by atoms with E-state index in [4.69, 9.17) is 4.74 Å². The predicted octanol–water partition coefficient (Wildman–Crippen LogP) is 2.12. The van der Waals surface area contributed by atoms with Gasteiger partial charge in [-0.1, -0.05) is 0 Å². The first-order chi connectivity index (χ1) is 9.95. The second kappa shape index (κ2) is 6.21. The van der Waals surface area contributed by atoms with E-state index < -0.39 is 4.92 Å². The number of nitro benzene ring substituents is 1. The minimum Gasteiger partial charge on any atom is -0.491 e. The third-order valence-corrected chi connectivity index (χ3v) is 2.73. The number of hydrogen-bond donors (Lipinski definition) is 1. The van der Waals surface area contributed by atoms with Gasteiger partial charge in [-0.3, -0.25) is 10.1 Å². The Kier molecular flexibility index (Phi) is 4.36. The van der Waals surface area contributed by atoms with Gasteiger partial charge in [-0.05, 0) is 13.8 Å². The van der Waals surface area contributed by atoms with Crippen molar-refractivity contribution in [1.29, 1.82) is 0 Å². The summed E-state index contributed by atoms with van der Waals surface area (Å²) < 4.78 is 7.30. The summed E-state index contributed by atoms with van der Waals surface area (Å²) in [5, 5.41) is 21.8. The van der Waals surface area contributed by atoms with Crippen LogP contribution in [0.1, 0.15) is 19.7 Å². The first-order valence-electron chi connectivity index (χ1n) is 6.48. The number of benzene rings is 1. The summed E-state index contributed by atoms with van der Waals surface area (Å²) in [6, 6.07) is 4.60. The van der Waals surface area contributed by atoms with E-state index in [1.54, 1.807) is 17.0 Å². The fourth-order valence-corrected chi connectivity index (χ4v) is 1.78. The molecule has 8 nitrogen and oxygen atoms in total. The van der Waals surface area contributed by atoms with Crippen LogP contribution in [0.5, 0.6) is 5.75 Å². The highest BCUT2D eigenvalue weighted by molar-refractivity contribution is 5.56. The Labute approximate surface area is 121 Å². The summed E-state index contributed by atoms with van der Waals surface area (Å²) in [4.78, 5) is 10.5. The van der Waals surface area contributed by atoms with Crippen molar-refractivity contribution in [3.8, 4) is 5.75 Å². The molecule has 2 aromatic rings. The SMILES string of the molecule is CC(C)Oc1cc(NCc2nncn2C)cc([N+](=O)[O-])c1. The van der Waals surface area contributed by atoms with Crippen LogP contribution in [0.3, 0.4) is 0 Å². The molecule has 0 fully saturated rings. The number of anilines is 1. The molecule has 1 heterocycles. The molecule has 8 heteroatoms. The summed E-state index contributed by atoms with van der Waals surface area (Å²) in [5.41, 5.74) is 0.580. The molecule has 0 aliphatic carbocycles. The van der Waals surface area contributed by atoms with Gasteiger partial charge in [0.1, 0.15) is 12.1 Å². The summed E-state index contributed by atoms with van der Waals surface area (Å²) in [5.74, 6) is 1.19. The lowest BCUT2D eigenvalue weighted by atomic mass is 10.2. The van der Waals surface area contributed by atoms with Gasteiger partial charge in [-0.25, -0.2) is 0 Å². The van der Waals surface area contributed by atoms with Crippen molar-refractivity contribution in [3.63, 3.8) is 0 Å². The van der Waals surface area contributed by atoms with Crippen molar-refractivity contribution < 1.29 is 9.66 Å². The number of nitro groups is 1.